The summed E-state index contributed by atoms with van der Waals surface area (Å²) in [6.07, 6.45) is 0. The fraction of sp³-hybridized carbons (Fsp3) is 0.250. The van der Waals surface area contributed by atoms with E-state index in [2.05, 4.69) is 57.1 Å². The van der Waals surface area contributed by atoms with Gasteiger partial charge in [-0.3, -0.25) is 0 Å². The van der Waals surface area contributed by atoms with Gasteiger partial charge in [0.25, 0.3) is 0 Å². The summed E-state index contributed by atoms with van der Waals surface area (Å²) >= 11 is 0. The summed E-state index contributed by atoms with van der Waals surface area (Å²) in [6.45, 7) is 4.24. The van der Waals surface area contributed by atoms with Crippen molar-refractivity contribution in [2.75, 3.05) is 24.7 Å². The van der Waals surface area contributed by atoms with Crippen molar-refractivity contribution in [2.24, 2.45) is 0 Å². The number of anilines is 2. The summed E-state index contributed by atoms with van der Waals surface area (Å²) in [4.78, 5) is 2.13. The maximum Gasteiger partial charge on any atom is 0.0444 e. The average molecular weight is 240 g/mol. The van der Waals surface area contributed by atoms with Gasteiger partial charge in [0, 0.05) is 36.6 Å². The topological polar surface area (TPSA) is 29.3 Å². The van der Waals surface area contributed by atoms with Crippen LogP contribution in [0.3, 0.4) is 0 Å². The highest BCUT2D eigenvalue weighted by atomic mass is 15.1. The van der Waals surface area contributed by atoms with E-state index in [4.69, 9.17) is 5.73 Å². The Morgan fingerprint density at radius 1 is 0.833 bits per heavy atom. The zero-order valence-electron chi connectivity index (χ0n) is 11.5. The number of hydrogen-bond donors (Lipinski definition) is 1. The van der Waals surface area contributed by atoms with Crippen LogP contribution in [0.15, 0.2) is 36.4 Å². The molecular formula is C16H20N2. The quantitative estimate of drug-likeness (QED) is 0.812. The second-order valence-electron chi connectivity index (χ2n) is 4.90. The Bertz CT molecular complexity index is 551. The lowest BCUT2D eigenvalue weighted by Gasteiger charge is -2.21. The minimum absolute atomic E-state index is 0.840. The largest absolute Gasteiger partial charge is 0.398 e. The molecule has 18 heavy (non-hydrogen) atoms. The number of rotatable bonds is 2. The van der Waals surface area contributed by atoms with Crippen molar-refractivity contribution in [1.82, 2.24) is 0 Å². The summed E-state index contributed by atoms with van der Waals surface area (Å²) in [5.41, 5.74) is 13.1. The molecule has 0 saturated heterocycles. The van der Waals surface area contributed by atoms with Crippen LogP contribution in [0.4, 0.5) is 11.4 Å². The molecule has 0 saturated carbocycles. The van der Waals surface area contributed by atoms with Crippen LogP contribution in [0.5, 0.6) is 0 Å². The molecule has 2 nitrogen and oxygen atoms in total. The molecule has 2 heteroatoms. The van der Waals surface area contributed by atoms with Crippen molar-refractivity contribution in [2.45, 2.75) is 13.8 Å². The number of benzene rings is 2. The molecule has 0 aliphatic rings. The maximum absolute atomic E-state index is 6.17. The van der Waals surface area contributed by atoms with E-state index in [9.17, 15) is 0 Å². The number of nitrogens with zero attached hydrogens (tertiary/aromatic N) is 1. The van der Waals surface area contributed by atoms with Gasteiger partial charge in [-0.05, 0) is 37.1 Å². The number of aryl methyl sites for hydroxylation is 2. The molecule has 2 N–H and O–H groups in total. The first kappa shape index (κ1) is 12.5. The van der Waals surface area contributed by atoms with E-state index >= 15 is 0 Å². The van der Waals surface area contributed by atoms with Gasteiger partial charge in [-0.2, -0.15) is 0 Å². The molecule has 0 heterocycles. The monoisotopic (exact) mass is 240 g/mol. The van der Waals surface area contributed by atoms with Crippen LogP contribution in [0.25, 0.3) is 11.1 Å². The third-order valence-corrected chi connectivity index (χ3v) is 3.29. The molecule has 0 aliphatic carbocycles. The van der Waals surface area contributed by atoms with E-state index in [0.29, 0.717) is 0 Å². The summed E-state index contributed by atoms with van der Waals surface area (Å²) in [5, 5.41) is 0. The molecule has 0 spiro atoms. The molecule has 0 atom stereocenters. The Kier molecular flexibility index (Phi) is 3.28. The summed E-state index contributed by atoms with van der Waals surface area (Å²) < 4.78 is 0. The van der Waals surface area contributed by atoms with E-state index in [0.717, 1.165) is 11.3 Å². The number of nitrogens with two attached hydrogens (primary N) is 1. The Morgan fingerprint density at radius 2 is 1.39 bits per heavy atom. The van der Waals surface area contributed by atoms with Gasteiger partial charge in [-0.1, -0.05) is 24.3 Å². The first-order chi connectivity index (χ1) is 8.52. The Balaban J connectivity index is 2.78. The molecule has 2 aromatic rings. The highest BCUT2D eigenvalue weighted by Gasteiger charge is 2.14. The predicted molar refractivity (Wildman–Crippen MR) is 80.1 cm³/mol. The van der Waals surface area contributed by atoms with Crippen LogP contribution >= 0.6 is 0 Å². The molecular weight excluding hydrogens is 220 g/mol. The minimum atomic E-state index is 0.840. The van der Waals surface area contributed by atoms with Crippen molar-refractivity contribution >= 4 is 11.4 Å². The van der Waals surface area contributed by atoms with Crippen LogP contribution in [0.1, 0.15) is 11.1 Å². The van der Waals surface area contributed by atoms with Gasteiger partial charge >= 0.3 is 0 Å². The van der Waals surface area contributed by atoms with Gasteiger partial charge in [0.2, 0.25) is 0 Å². The maximum atomic E-state index is 6.17. The van der Waals surface area contributed by atoms with Crippen molar-refractivity contribution in [3.05, 3.63) is 47.5 Å². The number of nitrogen functional groups attached to an aromatic ring is 1. The Morgan fingerprint density at radius 3 is 1.94 bits per heavy atom. The molecule has 0 unspecified atom stereocenters. The zero-order valence-corrected chi connectivity index (χ0v) is 11.5. The lowest BCUT2D eigenvalue weighted by Crippen LogP contribution is -2.11. The van der Waals surface area contributed by atoms with Crippen molar-refractivity contribution in [3.63, 3.8) is 0 Å². The molecule has 0 aromatic heterocycles. The smallest absolute Gasteiger partial charge is 0.0444 e. The van der Waals surface area contributed by atoms with E-state index in [-0.39, 0.29) is 0 Å². The Hall–Kier alpha value is -1.96. The number of hydrogen-bond acceptors (Lipinski definition) is 2. The summed E-state index contributed by atoms with van der Waals surface area (Å²) in [6, 6.07) is 12.4. The SMILES string of the molecule is Cc1cccc(N)c1-c1c(C)cccc1N(C)C. The van der Waals surface area contributed by atoms with Gasteiger partial charge in [-0.15, -0.1) is 0 Å². The summed E-state index contributed by atoms with van der Waals surface area (Å²) in [5.74, 6) is 0. The van der Waals surface area contributed by atoms with Crippen molar-refractivity contribution in [1.29, 1.82) is 0 Å². The molecule has 2 rings (SSSR count). The van der Waals surface area contributed by atoms with E-state index in [1.807, 2.05) is 12.1 Å². The van der Waals surface area contributed by atoms with E-state index in [1.165, 1.54) is 22.4 Å². The third-order valence-electron chi connectivity index (χ3n) is 3.29. The first-order valence-electron chi connectivity index (χ1n) is 6.14. The van der Waals surface area contributed by atoms with Gasteiger partial charge in [0.05, 0.1) is 0 Å². The average Bonchev–Trinajstić information content (AvgIpc) is 2.30. The lowest BCUT2D eigenvalue weighted by molar-refractivity contribution is 1.13. The lowest BCUT2D eigenvalue weighted by atomic mass is 9.93. The molecule has 94 valence electrons. The highest BCUT2D eigenvalue weighted by molar-refractivity contribution is 5.89. The van der Waals surface area contributed by atoms with Crippen molar-refractivity contribution in [3.8, 4) is 11.1 Å². The minimum Gasteiger partial charge on any atom is -0.398 e. The van der Waals surface area contributed by atoms with Crippen LogP contribution in [-0.4, -0.2) is 14.1 Å². The van der Waals surface area contributed by atoms with E-state index < -0.39 is 0 Å². The third kappa shape index (κ3) is 2.06. The first-order valence-corrected chi connectivity index (χ1v) is 6.14. The predicted octanol–water partition coefficient (Wildman–Crippen LogP) is 3.62. The van der Waals surface area contributed by atoms with Gasteiger partial charge in [-0.25, -0.2) is 0 Å². The molecule has 0 radical (unpaired) electrons. The fourth-order valence-corrected chi connectivity index (χ4v) is 2.38. The van der Waals surface area contributed by atoms with Gasteiger partial charge in [0.15, 0.2) is 0 Å². The normalized spacial score (nSPS) is 10.4. The molecule has 0 bridgehead atoms. The second-order valence-corrected chi connectivity index (χ2v) is 4.90. The standard InChI is InChI=1S/C16H20N2/c1-11-7-5-9-13(17)15(11)16-12(2)8-6-10-14(16)18(3)4/h5-10H,17H2,1-4H3. The van der Waals surface area contributed by atoms with Crippen LogP contribution in [0, 0.1) is 13.8 Å². The second kappa shape index (κ2) is 4.73. The summed E-state index contributed by atoms with van der Waals surface area (Å²) in [7, 11) is 4.12. The molecule has 0 fully saturated rings. The van der Waals surface area contributed by atoms with Crippen molar-refractivity contribution < 1.29 is 0 Å². The van der Waals surface area contributed by atoms with Gasteiger partial charge < -0.3 is 10.6 Å². The highest BCUT2D eigenvalue weighted by Crippen LogP contribution is 2.38. The van der Waals surface area contributed by atoms with Crippen LogP contribution in [-0.2, 0) is 0 Å². The van der Waals surface area contributed by atoms with Gasteiger partial charge in [0.1, 0.15) is 0 Å². The van der Waals surface area contributed by atoms with Crippen LogP contribution < -0.4 is 10.6 Å². The Labute approximate surface area is 109 Å². The zero-order chi connectivity index (χ0) is 13.3. The molecule has 0 amide bonds. The van der Waals surface area contributed by atoms with Crippen LogP contribution in [0.2, 0.25) is 0 Å². The van der Waals surface area contributed by atoms with E-state index in [1.54, 1.807) is 0 Å². The molecule has 0 aliphatic heterocycles. The fourth-order valence-electron chi connectivity index (χ4n) is 2.38. The molecule has 2 aromatic carbocycles.